The van der Waals surface area contributed by atoms with Gasteiger partial charge in [0.25, 0.3) is 0 Å². The molecular weight excluding hydrogens is 378 g/mol. The molecule has 0 radical (unpaired) electrons. The van der Waals surface area contributed by atoms with Crippen molar-refractivity contribution in [2.45, 2.75) is 12.5 Å². The van der Waals surface area contributed by atoms with Crippen LogP contribution in [0, 0.1) is 0 Å². The number of carbonyl (C=O) groups is 1. The second-order valence-electron chi connectivity index (χ2n) is 6.02. The SMILES string of the molecule is CN(C(=O)/C=C/c1ccc(-c2ccccc2Cl)s1)C1CCS(=O)(=O)C1. The van der Waals surface area contributed by atoms with Crippen LogP contribution in [0.15, 0.2) is 42.5 Å². The van der Waals surface area contributed by atoms with Crippen molar-refractivity contribution in [3.05, 3.63) is 52.4 Å². The Kier molecular flexibility index (Phi) is 5.32. The monoisotopic (exact) mass is 395 g/mol. The summed E-state index contributed by atoms with van der Waals surface area (Å²) in [5, 5.41) is 0.693. The maximum absolute atomic E-state index is 12.3. The Morgan fingerprint density at radius 2 is 2.04 bits per heavy atom. The molecule has 1 saturated heterocycles. The molecule has 0 N–H and O–H groups in total. The standard InChI is InChI=1S/C18H18ClNO3S2/c1-20(13-10-11-25(22,23)12-13)18(21)9-7-14-6-8-17(24-14)15-4-2-3-5-16(15)19/h2-9,13H,10-12H2,1H3/b9-7+. The van der Waals surface area contributed by atoms with Gasteiger partial charge in [-0.05, 0) is 30.7 Å². The maximum Gasteiger partial charge on any atom is 0.246 e. The van der Waals surface area contributed by atoms with E-state index in [0.717, 1.165) is 15.3 Å². The fourth-order valence-corrected chi connectivity index (χ4v) is 5.80. The van der Waals surface area contributed by atoms with Gasteiger partial charge >= 0.3 is 0 Å². The van der Waals surface area contributed by atoms with Gasteiger partial charge in [-0.15, -0.1) is 11.3 Å². The molecule has 0 spiro atoms. The van der Waals surface area contributed by atoms with E-state index in [0.29, 0.717) is 11.4 Å². The zero-order valence-corrected chi connectivity index (χ0v) is 16.1. The first-order chi connectivity index (χ1) is 11.9. The van der Waals surface area contributed by atoms with Crippen molar-refractivity contribution < 1.29 is 13.2 Å². The summed E-state index contributed by atoms with van der Waals surface area (Å²) in [7, 11) is -1.35. The summed E-state index contributed by atoms with van der Waals surface area (Å²) in [6.07, 6.45) is 3.76. The van der Waals surface area contributed by atoms with E-state index in [1.165, 1.54) is 11.0 Å². The summed E-state index contributed by atoms with van der Waals surface area (Å²) in [6, 6.07) is 11.3. The first-order valence-corrected chi connectivity index (χ1v) is 10.9. The normalized spacial score (nSPS) is 19.4. The smallest absolute Gasteiger partial charge is 0.246 e. The molecule has 1 amide bonds. The Labute approximate surface area is 156 Å². The molecule has 1 fully saturated rings. The Balaban J connectivity index is 1.68. The summed E-state index contributed by atoms with van der Waals surface area (Å²) >= 11 is 7.76. The fraction of sp³-hybridized carbons (Fsp3) is 0.278. The fourth-order valence-electron chi connectivity index (χ4n) is 2.78. The van der Waals surface area contributed by atoms with Gasteiger partial charge in [-0.1, -0.05) is 29.8 Å². The van der Waals surface area contributed by atoms with Crippen LogP contribution in [0.2, 0.25) is 5.02 Å². The van der Waals surface area contributed by atoms with E-state index in [2.05, 4.69) is 0 Å². The van der Waals surface area contributed by atoms with Crippen LogP contribution in [-0.4, -0.2) is 43.8 Å². The molecule has 2 heterocycles. The average Bonchev–Trinajstić information content (AvgIpc) is 3.18. The van der Waals surface area contributed by atoms with Gasteiger partial charge < -0.3 is 4.90 Å². The quantitative estimate of drug-likeness (QED) is 0.741. The number of carbonyl (C=O) groups excluding carboxylic acids is 1. The highest BCUT2D eigenvalue weighted by molar-refractivity contribution is 7.91. The van der Waals surface area contributed by atoms with Crippen LogP contribution in [0.25, 0.3) is 16.5 Å². The van der Waals surface area contributed by atoms with Crippen LogP contribution >= 0.6 is 22.9 Å². The predicted molar refractivity (Wildman–Crippen MR) is 104 cm³/mol. The van der Waals surface area contributed by atoms with E-state index in [-0.39, 0.29) is 23.5 Å². The molecule has 1 aliphatic heterocycles. The highest BCUT2D eigenvalue weighted by Gasteiger charge is 2.32. The van der Waals surface area contributed by atoms with E-state index in [1.54, 1.807) is 24.5 Å². The average molecular weight is 396 g/mol. The van der Waals surface area contributed by atoms with E-state index in [1.807, 2.05) is 36.4 Å². The largest absolute Gasteiger partial charge is 0.338 e. The van der Waals surface area contributed by atoms with Gasteiger partial charge in [-0.2, -0.15) is 0 Å². The third kappa shape index (κ3) is 4.32. The molecule has 7 heteroatoms. The van der Waals surface area contributed by atoms with Crippen molar-refractivity contribution in [2.75, 3.05) is 18.6 Å². The van der Waals surface area contributed by atoms with Gasteiger partial charge in [0.1, 0.15) is 0 Å². The molecule has 1 aromatic heterocycles. The topological polar surface area (TPSA) is 54.5 Å². The lowest BCUT2D eigenvalue weighted by Gasteiger charge is -2.21. The number of halogens is 1. The van der Waals surface area contributed by atoms with Gasteiger partial charge in [0.15, 0.2) is 9.84 Å². The lowest BCUT2D eigenvalue weighted by molar-refractivity contribution is -0.126. The number of rotatable bonds is 4. The minimum atomic E-state index is -3.00. The van der Waals surface area contributed by atoms with Gasteiger partial charge in [0.2, 0.25) is 5.91 Å². The maximum atomic E-state index is 12.3. The number of hydrogen-bond acceptors (Lipinski definition) is 4. The van der Waals surface area contributed by atoms with Crippen LogP contribution in [0.5, 0.6) is 0 Å². The molecule has 1 aliphatic rings. The zero-order chi connectivity index (χ0) is 18.0. The highest BCUT2D eigenvalue weighted by atomic mass is 35.5. The van der Waals surface area contributed by atoms with Crippen molar-refractivity contribution >= 4 is 44.8 Å². The Morgan fingerprint density at radius 1 is 1.28 bits per heavy atom. The second-order valence-corrected chi connectivity index (χ2v) is 9.77. The van der Waals surface area contributed by atoms with Crippen LogP contribution in [0.3, 0.4) is 0 Å². The Bertz CT molecular complexity index is 918. The van der Waals surface area contributed by atoms with E-state index in [4.69, 9.17) is 11.6 Å². The number of nitrogens with zero attached hydrogens (tertiary/aromatic N) is 1. The van der Waals surface area contributed by atoms with Gasteiger partial charge in [-0.25, -0.2) is 8.42 Å². The molecule has 4 nitrogen and oxygen atoms in total. The van der Waals surface area contributed by atoms with E-state index in [9.17, 15) is 13.2 Å². The predicted octanol–water partition coefficient (Wildman–Crippen LogP) is 3.73. The van der Waals surface area contributed by atoms with Crippen LogP contribution in [0.1, 0.15) is 11.3 Å². The van der Waals surface area contributed by atoms with Crippen molar-refractivity contribution in [3.8, 4) is 10.4 Å². The third-order valence-corrected chi connectivity index (χ3v) is 7.42. The molecular formula is C18H18ClNO3S2. The highest BCUT2D eigenvalue weighted by Crippen LogP contribution is 2.33. The number of hydrogen-bond donors (Lipinski definition) is 0. The molecule has 1 aromatic carbocycles. The minimum absolute atomic E-state index is 0.0543. The van der Waals surface area contributed by atoms with Gasteiger partial charge in [0, 0.05) is 39.5 Å². The Hall–Kier alpha value is -1.63. The first kappa shape index (κ1) is 18.2. The molecule has 0 bridgehead atoms. The molecule has 2 aromatic rings. The van der Waals surface area contributed by atoms with E-state index < -0.39 is 9.84 Å². The Morgan fingerprint density at radius 3 is 2.72 bits per heavy atom. The van der Waals surface area contributed by atoms with Crippen molar-refractivity contribution in [3.63, 3.8) is 0 Å². The lowest BCUT2D eigenvalue weighted by atomic mass is 10.2. The van der Waals surface area contributed by atoms with E-state index >= 15 is 0 Å². The van der Waals surface area contributed by atoms with Crippen molar-refractivity contribution in [2.24, 2.45) is 0 Å². The minimum Gasteiger partial charge on any atom is -0.338 e. The molecule has 1 atom stereocenters. The van der Waals surface area contributed by atoms with Crippen LogP contribution < -0.4 is 0 Å². The van der Waals surface area contributed by atoms with Gasteiger partial charge in [0.05, 0.1) is 11.5 Å². The number of sulfone groups is 1. The molecule has 1 unspecified atom stereocenters. The van der Waals surface area contributed by atoms with Crippen molar-refractivity contribution in [1.82, 2.24) is 4.90 Å². The second kappa shape index (κ2) is 7.32. The summed E-state index contributed by atoms with van der Waals surface area (Å²) in [4.78, 5) is 15.8. The van der Waals surface area contributed by atoms with Crippen LogP contribution in [0.4, 0.5) is 0 Å². The summed E-state index contributed by atoms with van der Waals surface area (Å²) < 4.78 is 23.1. The van der Waals surface area contributed by atoms with Crippen LogP contribution in [-0.2, 0) is 14.6 Å². The molecule has 3 rings (SSSR count). The third-order valence-electron chi connectivity index (χ3n) is 4.26. The first-order valence-electron chi connectivity index (χ1n) is 7.86. The number of amides is 1. The molecule has 0 saturated carbocycles. The summed E-state index contributed by atoms with van der Waals surface area (Å²) in [6.45, 7) is 0. The summed E-state index contributed by atoms with van der Waals surface area (Å²) in [5.41, 5.74) is 0.966. The molecule has 0 aliphatic carbocycles. The number of thiophene rings is 1. The molecule has 132 valence electrons. The van der Waals surface area contributed by atoms with Gasteiger partial charge in [-0.3, -0.25) is 4.79 Å². The molecule has 25 heavy (non-hydrogen) atoms. The lowest BCUT2D eigenvalue weighted by Crippen LogP contribution is -2.36. The summed E-state index contributed by atoms with van der Waals surface area (Å²) in [5.74, 6) is 0.0268. The van der Waals surface area contributed by atoms with Crippen molar-refractivity contribution in [1.29, 1.82) is 0 Å². The number of likely N-dealkylation sites (N-methyl/N-ethyl adjacent to an activating group) is 1. The number of benzene rings is 1. The zero-order valence-electron chi connectivity index (χ0n) is 13.7.